The van der Waals surface area contributed by atoms with E-state index >= 15 is 0 Å². The molecule has 2 nitrogen and oxygen atoms in total. The summed E-state index contributed by atoms with van der Waals surface area (Å²) >= 11 is 3.21. The molecule has 1 aromatic carbocycles. The normalized spacial score (nSPS) is 19.5. The maximum absolute atomic E-state index is 14.3. The van der Waals surface area contributed by atoms with Crippen LogP contribution in [0, 0.1) is 5.82 Å². The number of rotatable bonds is 5. The summed E-state index contributed by atoms with van der Waals surface area (Å²) in [5.41, 5.74) is 0.0960. The maximum Gasteiger partial charge on any atom is 0.143 e. The van der Waals surface area contributed by atoms with E-state index in [0.29, 0.717) is 10.0 Å². The molecular formula is C16H23BrFNO. The van der Waals surface area contributed by atoms with Crippen LogP contribution >= 0.6 is 15.9 Å². The lowest BCUT2D eigenvalue weighted by molar-refractivity contribution is -0.0286. The molecule has 0 bridgehead atoms. The molecular weight excluding hydrogens is 321 g/mol. The molecule has 1 saturated carbocycles. The van der Waals surface area contributed by atoms with Gasteiger partial charge in [-0.05, 0) is 47.9 Å². The van der Waals surface area contributed by atoms with Gasteiger partial charge in [0.2, 0.25) is 0 Å². The molecule has 0 radical (unpaired) electrons. The summed E-state index contributed by atoms with van der Waals surface area (Å²) in [6.45, 7) is 5.97. The van der Waals surface area contributed by atoms with Gasteiger partial charge in [-0.25, -0.2) is 4.39 Å². The number of aliphatic hydroxyl groups is 1. The molecule has 2 rings (SSSR count). The zero-order valence-corrected chi connectivity index (χ0v) is 13.8. The monoisotopic (exact) mass is 343 g/mol. The van der Waals surface area contributed by atoms with E-state index in [4.69, 9.17) is 0 Å². The van der Waals surface area contributed by atoms with Gasteiger partial charge in [0.05, 0.1) is 10.0 Å². The summed E-state index contributed by atoms with van der Waals surface area (Å²) in [5, 5.41) is 10.9. The molecule has 0 saturated heterocycles. The van der Waals surface area contributed by atoms with Crippen molar-refractivity contribution in [3.63, 3.8) is 0 Å². The molecule has 20 heavy (non-hydrogen) atoms. The Morgan fingerprint density at radius 1 is 1.30 bits per heavy atom. The van der Waals surface area contributed by atoms with E-state index in [1.165, 1.54) is 0 Å². The lowest BCUT2D eigenvalue weighted by Crippen LogP contribution is -2.51. The Balaban J connectivity index is 2.41. The SMILES string of the molecule is CCN(CC)C1(C(O)c2cccc(Br)c2F)CCCC1. The maximum atomic E-state index is 14.3. The molecule has 1 aliphatic rings. The smallest absolute Gasteiger partial charge is 0.143 e. The van der Waals surface area contributed by atoms with Gasteiger partial charge in [0.25, 0.3) is 0 Å². The Bertz CT molecular complexity index is 456. The molecule has 1 unspecified atom stereocenters. The first-order valence-electron chi connectivity index (χ1n) is 7.43. The van der Waals surface area contributed by atoms with Crippen LogP contribution in [0.5, 0.6) is 0 Å². The summed E-state index contributed by atoms with van der Waals surface area (Å²) in [6, 6.07) is 5.16. The van der Waals surface area contributed by atoms with Gasteiger partial charge in [-0.2, -0.15) is 0 Å². The fourth-order valence-corrected chi connectivity index (χ4v) is 4.01. The Morgan fingerprint density at radius 3 is 2.45 bits per heavy atom. The second-order valence-corrected chi connectivity index (χ2v) is 6.38. The standard InChI is InChI=1S/C16H23BrFNO/c1-3-19(4-2)16(10-5-6-11-16)15(20)12-8-7-9-13(17)14(12)18/h7-9,15,20H,3-6,10-11H2,1-2H3. The van der Waals surface area contributed by atoms with Gasteiger partial charge in [0, 0.05) is 5.56 Å². The van der Waals surface area contributed by atoms with E-state index in [0.717, 1.165) is 38.8 Å². The molecule has 0 spiro atoms. The van der Waals surface area contributed by atoms with Gasteiger partial charge >= 0.3 is 0 Å². The fourth-order valence-electron chi connectivity index (χ4n) is 3.62. The summed E-state index contributed by atoms with van der Waals surface area (Å²) in [5.74, 6) is -0.335. The van der Waals surface area contributed by atoms with Crippen LogP contribution in [-0.2, 0) is 0 Å². The highest BCUT2D eigenvalue weighted by atomic mass is 79.9. The molecule has 0 amide bonds. The zero-order valence-electron chi connectivity index (χ0n) is 12.2. The minimum absolute atomic E-state index is 0.314. The van der Waals surface area contributed by atoms with Crippen molar-refractivity contribution < 1.29 is 9.50 Å². The zero-order chi connectivity index (χ0) is 14.8. The van der Waals surface area contributed by atoms with Crippen LogP contribution in [0.1, 0.15) is 51.2 Å². The van der Waals surface area contributed by atoms with Gasteiger partial charge < -0.3 is 5.11 Å². The van der Waals surface area contributed by atoms with Crippen LogP contribution in [0.25, 0.3) is 0 Å². The predicted octanol–water partition coefficient (Wildman–Crippen LogP) is 4.28. The number of aliphatic hydroxyl groups excluding tert-OH is 1. The first-order chi connectivity index (χ1) is 9.56. The number of benzene rings is 1. The van der Waals surface area contributed by atoms with Crippen molar-refractivity contribution in [1.82, 2.24) is 4.90 Å². The molecule has 4 heteroatoms. The highest BCUT2D eigenvalue weighted by Crippen LogP contribution is 2.45. The molecule has 0 aromatic heterocycles. The molecule has 1 aliphatic carbocycles. The van der Waals surface area contributed by atoms with Gasteiger partial charge in [-0.1, -0.05) is 38.8 Å². The fraction of sp³-hybridized carbons (Fsp3) is 0.625. The summed E-state index contributed by atoms with van der Waals surface area (Å²) in [4.78, 5) is 2.30. The first-order valence-corrected chi connectivity index (χ1v) is 8.23. The summed E-state index contributed by atoms with van der Waals surface area (Å²) in [6.07, 6.45) is 3.29. The van der Waals surface area contributed by atoms with Crippen molar-refractivity contribution in [3.05, 3.63) is 34.1 Å². The number of nitrogens with zero attached hydrogens (tertiary/aromatic N) is 1. The van der Waals surface area contributed by atoms with Crippen LogP contribution in [0.3, 0.4) is 0 Å². The van der Waals surface area contributed by atoms with Gasteiger partial charge in [0.1, 0.15) is 11.9 Å². The average Bonchev–Trinajstić information content (AvgIpc) is 2.93. The molecule has 1 atom stereocenters. The lowest BCUT2D eigenvalue weighted by Gasteiger charge is -2.44. The number of likely N-dealkylation sites (N-methyl/N-ethyl adjacent to an activating group) is 1. The van der Waals surface area contributed by atoms with Crippen LogP contribution in [0.15, 0.2) is 22.7 Å². The summed E-state index contributed by atoms with van der Waals surface area (Å²) in [7, 11) is 0. The van der Waals surface area contributed by atoms with E-state index in [9.17, 15) is 9.50 Å². The number of hydrogen-bond donors (Lipinski definition) is 1. The van der Waals surface area contributed by atoms with Crippen molar-refractivity contribution >= 4 is 15.9 Å². The predicted molar refractivity (Wildman–Crippen MR) is 83.2 cm³/mol. The van der Waals surface area contributed by atoms with Gasteiger partial charge in [-0.3, -0.25) is 4.90 Å². The van der Waals surface area contributed by atoms with Crippen LogP contribution < -0.4 is 0 Å². The van der Waals surface area contributed by atoms with E-state index < -0.39 is 6.10 Å². The average molecular weight is 344 g/mol. The molecule has 1 aromatic rings. The van der Waals surface area contributed by atoms with Crippen LogP contribution in [-0.4, -0.2) is 28.6 Å². The van der Waals surface area contributed by atoms with Crippen molar-refractivity contribution in [2.75, 3.05) is 13.1 Å². The summed E-state index contributed by atoms with van der Waals surface area (Å²) < 4.78 is 14.7. The topological polar surface area (TPSA) is 23.5 Å². The Morgan fingerprint density at radius 2 is 1.90 bits per heavy atom. The minimum atomic E-state index is -0.776. The van der Waals surface area contributed by atoms with Crippen LogP contribution in [0.4, 0.5) is 4.39 Å². The lowest BCUT2D eigenvalue weighted by atomic mass is 9.83. The third-order valence-corrected chi connectivity index (χ3v) is 5.26. The Hall–Kier alpha value is -0.450. The Kier molecular flexibility index (Phi) is 5.21. The highest BCUT2D eigenvalue weighted by Gasteiger charge is 2.45. The van der Waals surface area contributed by atoms with Crippen molar-refractivity contribution in [2.24, 2.45) is 0 Å². The number of halogens is 2. The minimum Gasteiger partial charge on any atom is -0.386 e. The molecule has 112 valence electrons. The quantitative estimate of drug-likeness (QED) is 0.862. The second kappa shape index (κ2) is 6.54. The molecule has 1 N–H and O–H groups in total. The molecule has 1 fully saturated rings. The molecule has 0 heterocycles. The van der Waals surface area contributed by atoms with E-state index in [2.05, 4.69) is 34.7 Å². The number of hydrogen-bond acceptors (Lipinski definition) is 2. The van der Waals surface area contributed by atoms with E-state index in [1.807, 2.05) is 0 Å². The third-order valence-electron chi connectivity index (χ3n) is 4.65. The highest BCUT2D eigenvalue weighted by molar-refractivity contribution is 9.10. The van der Waals surface area contributed by atoms with E-state index in [1.54, 1.807) is 18.2 Å². The van der Waals surface area contributed by atoms with Crippen molar-refractivity contribution in [3.8, 4) is 0 Å². The third kappa shape index (κ3) is 2.66. The van der Waals surface area contributed by atoms with Crippen molar-refractivity contribution in [1.29, 1.82) is 0 Å². The van der Waals surface area contributed by atoms with Gasteiger partial charge in [-0.15, -0.1) is 0 Å². The van der Waals surface area contributed by atoms with E-state index in [-0.39, 0.29) is 11.4 Å². The first kappa shape index (κ1) is 15.9. The van der Waals surface area contributed by atoms with Crippen molar-refractivity contribution in [2.45, 2.75) is 51.2 Å². The Labute approximate surface area is 129 Å². The second-order valence-electron chi connectivity index (χ2n) is 5.53. The van der Waals surface area contributed by atoms with Gasteiger partial charge in [0.15, 0.2) is 0 Å². The largest absolute Gasteiger partial charge is 0.386 e. The molecule has 0 aliphatic heterocycles. The van der Waals surface area contributed by atoms with Crippen LogP contribution in [0.2, 0.25) is 0 Å².